The topological polar surface area (TPSA) is 17.1 Å². The molecule has 1 nitrogen and oxygen atoms in total. The lowest BCUT2D eigenvalue weighted by molar-refractivity contribution is 0.104. The number of hydrogen-bond acceptors (Lipinski definition) is 3. The molecule has 78 valence electrons. The van der Waals surface area contributed by atoms with E-state index in [1.807, 2.05) is 11.4 Å². The molecule has 0 aliphatic carbocycles. The molecule has 6 heteroatoms. The summed E-state index contributed by atoms with van der Waals surface area (Å²) in [5.41, 5.74) is 0.692. The summed E-state index contributed by atoms with van der Waals surface area (Å²) in [6, 6.07) is 3.56. The van der Waals surface area contributed by atoms with Crippen LogP contribution in [0.5, 0.6) is 0 Å². The van der Waals surface area contributed by atoms with Gasteiger partial charge in [-0.05, 0) is 44.0 Å². The largest absolute Gasteiger partial charge is 0.288 e. The Bertz CT molecular complexity index is 498. The van der Waals surface area contributed by atoms with Crippen molar-refractivity contribution in [2.75, 3.05) is 0 Å². The summed E-state index contributed by atoms with van der Waals surface area (Å²) in [6.45, 7) is 0. The minimum Gasteiger partial charge on any atom is -0.288 e. The van der Waals surface area contributed by atoms with Gasteiger partial charge in [0.2, 0.25) is 5.78 Å². The first-order valence-electron chi connectivity index (χ1n) is 3.81. The summed E-state index contributed by atoms with van der Waals surface area (Å²) < 4.78 is 2.33. The fraction of sp³-hybridized carbons (Fsp3) is 0. The Labute approximate surface area is 116 Å². The molecule has 0 unspecified atom stereocenters. The number of carbonyl (C=O) groups excluding carboxylic acids is 1. The first-order valence-corrected chi connectivity index (χ1v) is 7.47. The molecule has 0 aliphatic heterocycles. The van der Waals surface area contributed by atoms with E-state index >= 15 is 0 Å². The average molecular weight is 387 g/mol. The van der Waals surface area contributed by atoms with Crippen LogP contribution in [0.1, 0.15) is 15.2 Å². The first-order chi connectivity index (χ1) is 7.08. The molecule has 0 aliphatic rings. The smallest absolute Gasteiger partial charge is 0.203 e. The molecule has 0 amide bonds. The van der Waals surface area contributed by atoms with Gasteiger partial charge in [0.05, 0.1) is 8.66 Å². The van der Waals surface area contributed by atoms with Crippen LogP contribution in [-0.4, -0.2) is 5.78 Å². The predicted molar refractivity (Wildman–Crippen MR) is 72.5 cm³/mol. The highest BCUT2D eigenvalue weighted by Crippen LogP contribution is 2.34. The van der Waals surface area contributed by atoms with Crippen molar-refractivity contribution in [2.24, 2.45) is 0 Å². The third kappa shape index (κ3) is 2.53. The van der Waals surface area contributed by atoms with Crippen LogP contribution in [0, 0.1) is 0 Å². The molecule has 0 aromatic carbocycles. The molecule has 0 spiro atoms. The van der Waals surface area contributed by atoms with E-state index in [1.54, 1.807) is 6.07 Å². The van der Waals surface area contributed by atoms with Crippen molar-refractivity contribution >= 4 is 71.9 Å². The first kappa shape index (κ1) is 11.8. The summed E-state index contributed by atoms with van der Waals surface area (Å²) in [5, 5.41) is 1.83. The minimum atomic E-state index is 0.00884. The summed E-state index contributed by atoms with van der Waals surface area (Å²) >= 11 is 15.3. The zero-order valence-corrected chi connectivity index (χ0v) is 12.7. The van der Waals surface area contributed by atoms with Gasteiger partial charge in [0.15, 0.2) is 0 Å². The third-order valence-electron chi connectivity index (χ3n) is 1.70. The van der Waals surface area contributed by atoms with Gasteiger partial charge in [0.25, 0.3) is 0 Å². The molecule has 0 radical (unpaired) electrons. The fourth-order valence-corrected chi connectivity index (χ4v) is 3.83. The van der Waals surface area contributed by atoms with Gasteiger partial charge < -0.3 is 0 Å². The van der Waals surface area contributed by atoms with E-state index in [1.165, 1.54) is 22.7 Å². The highest BCUT2D eigenvalue weighted by atomic mass is 79.9. The van der Waals surface area contributed by atoms with Gasteiger partial charge in [-0.25, -0.2) is 0 Å². The Kier molecular flexibility index (Phi) is 3.67. The standard InChI is InChI=1S/C9H3Br2ClOS2/c10-5-2-6(15-9(5)12)8(13)4-1-7(11)14-3-4/h1-3H. The number of hydrogen-bond donors (Lipinski definition) is 0. The summed E-state index contributed by atoms with van der Waals surface area (Å²) in [4.78, 5) is 12.6. The van der Waals surface area contributed by atoms with Crippen molar-refractivity contribution in [3.8, 4) is 0 Å². The van der Waals surface area contributed by atoms with E-state index in [0.717, 1.165) is 8.26 Å². The van der Waals surface area contributed by atoms with Gasteiger partial charge in [0, 0.05) is 15.4 Å². The van der Waals surface area contributed by atoms with Crippen LogP contribution >= 0.6 is 66.1 Å². The molecular weight excluding hydrogens is 383 g/mol. The van der Waals surface area contributed by atoms with Crippen molar-refractivity contribution in [3.63, 3.8) is 0 Å². The quantitative estimate of drug-likeness (QED) is 0.647. The van der Waals surface area contributed by atoms with Crippen LogP contribution in [0.4, 0.5) is 0 Å². The van der Waals surface area contributed by atoms with E-state index < -0.39 is 0 Å². The molecule has 15 heavy (non-hydrogen) atoms. The van der Waals surface area contributed by atoms with Crippen molar-refractivity contribution in [3.05, 3.63) is 40.5 Å². The molecular formula is C9H3Br2ClOS2. The average Bonchev–Trinajstić information content (AvgIpc) is 2.74. The van der Waals surface area contributed by atoms with Crippen LogP contribution in [-0.2, 0) is 0 Å². The number of carbonyl (C=O) groups is 1. The minimum absolute atomic E-state index is 0.00884. The number of ketones is 1. The number of halogens is 3. The van der Waals surface area contributed by atoms with Crippen LogP contribution < -0.4 is 0 Å². The maximum absolute atomic E-state index is 11.9. The van der Waals surface area contributed by atoms with Crippen molar-refractivity contribution < 1.29 is 4.79 Å². The van der Waals surface area contributed by atoms with Gasteiger partial charge in [-0.2, -0.15) is 0 Å². The molecule has 0 saturated carbocycles. The highest BCUT2D eigenvalue weighted by Gasteiger charge is 2.15. The van der Waals surface area contributed by atoms with E-state index in [4.69, 9.17) is 11.6 Å². The Morgan fingerprint density at radius 2 is 2.07 bits per heavy atom. The lowest BCUT2D eigenvalue weighted by Gasteiger charge is -1.90. The zero-order chi connectivity index (χ0) is 11.0. The molecule has 2 rings (SSSR count). The van der Waals surface area contributed by atoms with Crippen LogP contribution in [0.25, 0.3) is 0 Å². The van der Waals surface area contributed by atoms with Crippen molar-refractivity contribution in [1.29, 1.82) is 0 Å². The van der Waals surface area contributed by atoms with Gasteiger partial charge in [0.1, 0.15) is 4.34 Å². The van der Waals surface area contributed by atoms with Gasteiger partial charge in [-0.3, -0.25) is 4.79 Å². The maximum atomic E-state index is 11.9. The molecule has 0 N–H and O–H groups in total. The van der Waals surface area contributed by atoms with Crippen molar-refractivity contribution in [1.82, 2.24) is 0 Å². The lowest BCUT2D eigenvalue weighted by Crippen LogP contribution is -1.95. The lowest BCUT2D eigenvalue weighted by atomic mass is 10.2. The normalized spacial score (nSPS) is 10.6. The van der Waals surface area contributed by atoms with E-state index in [-0.39, 0.29) is 5.78 Å². The Balaban J connectivity index is 2.36. The van der Waals surface area contributed by atoms with E-state index in [2.05, 4.69) is 31.9 Å². The molecule has 0 fully saturated rings. The molecule has 2 heterocycles. The second-order valence-electron chi connectivity index (χ2n) is 2.70. The second-order valence-corrected chi connectivity index (χ2v) is 7.50. The van der Waals surface area contributed by atoms with Gasteiger partial charge in [-0.15, -0.1) is 22.7 Å². The number of rotatable bonds is 2. The Hall–Kier alpha value is 0.320. The highest BCUT2D eigenvalue weighted by molar-refractivity contribution is 9.11. The fourth-order valence-electron chi connectivity index (χ4n) is 1.03. The molecule has 2 aromatic heterocycles. The monoisotopic (exact) mass is 384 g/mol. The van der Waals surface area contributed by atoms with E-state index in [0.29, 0.717) is 14.8 Å². The third-order valence-corrected chi connectivity index (χ3v) is 5.68. The molecule has 0 bridgehead atoms. The van der Waals surface area contributed by atoms with Crippen molar-refractivity contribution in [2.45, 2.75) is 0 Å². The zero-order valence-electron chi connectivity index (χ0n) is 7.09. The summed E-state index contributed by atoms with van der Waals surface area (Å²) in [5.74, 6) is 0.00884. The molecule has 0 atom stereocenters. The molecule has 2 aromatic rings. The van der Waals surface area contributed by atoms with Crippen LogP contribution in [0.15, 0.2) is 25.8 Å². The second kappa shape index (κ2) is 4.67. The Morgan fingerprint density at radius 1 is 1.33 bits per heavy atom. The Morgan fingerprint density at radius 3 is 2.53 bits per heavy atom. The maximum Gasteiger partial charge on any atom is 0.203 e. The molecule has 0 saturated heterocycles. The SMILES string of the molecule is O=C(c1csc(Br)c1)c1cc(Br)c(Cl)s1. The van der Waals surface area contributed by atoms with Crippen LogP contribution in [0.3, 0.4) is 0 Å². The van der Waals surface area contributed by atoms with E-state index in [9.17, 15) is 4.79 Å². The van der Waals surface area contributed by atoms with Gasteiger partial charge >= 0.3 is 0 Å². The summed E-state index contributed by atoms with van der Waals surface area (Å²) in [7, 11) is 0. The van der Waals surface area contributed by atoms with Crippen LogP contribution in [0.2, 0.25) is 4.34 Å². The number of thiophene rings is 2. The summed E-state index contributed by atoms with van der Waals surface area (Å²) in [6.07, 6.45) is 0. The predicted octanol–water partition coefficient (Wildman–Crippen LogP) is 5.22. The van der Waals surface area contributed by atoms with Gasteiger partial charge in [-0.1, -0.05) is 11.6 Å².